The molecule has 0 saturated heterocycles. The largest absolute Gasteiger partial charge is 0.478 e. The topological polar surface area (TPSA) is 66.4 Å². The van der Waals surface area contributed by atoms with E-state index in [1.54, 1.807) is 19.1 Å². The number of benzene rings is 1. The summed E-state index contributed by atoms with van der Waals surface area (Å²) in [6, 6.07) is 4.81. The first-order valence-electron chi connectivity index (χ1n) is 5.25. The fourth-order valence-corrected chi connectivity index (χ4v) is 1.51. The van der Waals surface area contributed by atoms with Gasteiger partial charge in [-0.25, -0.2) is 4.79 Å². The lowest BCUT2D eigenvalue weighted by molar-refractivity contribution is -0.115. The first-order valence-corrected chi connectivity index (χ1v) is 6.16. The molecule has 5 heteroatoms. The number of carboxylic acid groups (broad SMARTS) is 1. The maximum Gasteiger partial charge on any atom is 0.336 e. The summed E-state index contributed by atoms with van der Waals surface area (Å²) in [6.07, 6.45) is 0.670. The van der Waals surface area contributed by atoms with Gasteiger partial charge in [-0.1, -0.05) is 28.9 Å². The van der Waals surface area contributed by atoms with E-state index in [0.29, 0.717) is 17.7 Å². The summed E-state index contributed by atoms with van der Waals surface area (Å²) in [5.74, 6) is -1.16. The highest BCUT2D eigenvalue weighted by Crippen LogP contribution is 2.20. The Labute approximate surface area is 108 Å². The molecule has 17 heavy (non-hydrogen) atoms. The molecule has 1 aromatic rings. The van der Waals surface area contributed by atoms with Crippen molar-refractivity contribution in [2.24, 2.45) is 0 Å². The van der Waals surface area contributed by atoms with Gasteiger partial charge in [-0.3, -0.25) is 4.79 Å². The van der Waals surface area contributed by atoms with E-state index in [9.17, 15) is 9.59 Å². The Balaban J connectivity index is 2.96. The maximum absolute atomic E-state index is 11.7. The smallest absolute Gasteiger partial charge is 0.336 e. The monoisotopic (exact) mass is 299 g/mol. The van der Waals surface area contributed by atoms with E-state index in [4.69, 9.17) is 5.11 Å². The summed E-state index contributed by atoms with van der Waals surface area (Å²) in [4.78, 5) is 22.3. The lowest BCUT2D eigenvalue weighted by atomic mass is 10.1. The van der Waals surface area contributed by atoms with Crippen molar-refractivity contribution in [2.75, 3.05) is 5.32 Å². The SMILES string of the molecule is CCC(Br)C(=O)Nc1cccc(C(=O)O)c1C. The van der Waals surface area contributed by atoms with Gasteiger partial charge in [0.2, 0.25) is 5.91 Å². The van der Waals surface area contributed by atoms with Crippen LogP contribution in [-0.2, 0) is 4.79 Å². The molecule has 92 valence electrons. The fraction of sp³-hybridized carbons (Fsp3) is 0.333. The lowest BCUT2D eigenvalue weighted by Crippen LogP contribution is -2.22. The standard InChI is InChI=1S/C12H14BrNO3/c1-3-9(13)11(15)14-10-6-4-5-8(7(10)2)12(16)17/h4-6,9H,3H2,1-2H3,(H,14,15)(H,16,17). The molecule has 0 heterocycles. The van der Waals surface area contributed by atoms with Crippen LogP contribution in [0.4, 0.5) is 5.69 Å². The molecule has 1 atom stereocenters. The molecule has 1 amide bonds. The quantitative estimate of drug-likeness (QED) is 0.840. The van der Waals surface area contributed by atoms with Gasteiger partial charge >= 0.3 is 5.97 Å². The molecule has 0 fully saturated rings. The van der Waals surface area contributed by atoms with Crippen molar-refractivity contribution in [1.82, 2.24) is 0 Å². The van der Waals surface area contributed by atoms with Crippen molar-refractivity contribution >= 4 is 33.5 Å². The van der Waals surface area contributed by atoms with Gasteiger partial charge in [0.15, 0.2) is 0 Å². The molecule has 0 aliphatic carbocycles. The number of carboxylic acids is 1. The molecule has 0 aliphatic rings. The zero-order valence-corrected chi connectivity index (χ0v) is 11.2. The summed E-state index contributed by atoms with van der Waals surface area (Å²) in [5, 5.41) is 11.7. The summed E-state index contributed by atoms with van der Waals surface area (Å²) < 4.78 is 0. The first kappa shape index (κ1) is 13.7. The second-order valence-corrected chi connectivity index (χ2v) is 4.75. The van der Waals surface area contributed by atoms with Gasteiger partial charge in [-0.05, 0) is 31.0 Å². The van der Waals surface area contributed by atoms with Crippen molar-refractivity contribution < 1.29 is 14.7 Å². The molecule has 0 bridgehead atoms. The van der Waals surface area contributed by atoms with Gasteiger partial charge in [0.25, 0.3) is 0 Å². The van der Waals surface area contributed by atoms with Crippen LogP contribution in [0.5, 0.6) is 0 Å². The number of anilines is 1. The highest BCUT2D eigenvalue weighted by atomic mass is 79.9. The number of alkyl halides is 1. The third kappa shape index (κ3) is 3.30. The van der Waals surface area contributed by atoms with Crippen LogP contribution in [0.3, 0.4) is 0 Å². The van der Waals surface area contributed by atoms with Crippen molar-refractivity contribution in [2.45, 2.75) is 25.1 Å². The van der Waals surface area contributed by atoms with E-state index in [-0.39, 0.29) is 16.3 Å². The Morgan fingerprint density at radius 2 is 2.12 bits per heavy atom. The van der Waals surface area contributed by atoms with Crippen molar-refractivity contribution in [3.05, 3.63) is 29.3 Å². The minimum atomic E-state index is -0.996. The van der Waals surface area contributed by atoms with Crippen LogP contribution in [0.2, 0.25) is 0 Å². The van der Waals surface area contributed by atoms with Crippen LogP contribution in [0.25, 0.3) is 0 Å². The number of aromatic carboxylic acids is 1. The van der Waals surface area contributed by atoms with E-state index in [1.165, 1.54) is 6.07 Å². The molecule has 0 aliphatic heterocycles. The number of amides is 1. The second-order valence-electron chi connectivity index (χ2n) is 3.65. The van der Waals surface area contributed by atoms with Crippen LogP contribution in [0.1, 0.15) is 29.3 Å². The number of hydrogen-bond acceptors (Lipinski definition) is 2. The normalized spacial score (nSPS) is 11.9. The Morgan fingerprint density at radius 3 is 2.65 bits per heavy atom. The molecular weight excluding hydrogens is 286 g/mol. The number of carbonyl (C=O) groups is 2. The lowest BCUT2D eigenvalue weighted by Gasteiger charge is -2.12. The van der Waals surface area contributed by atoms with Gasteiger partial charge < -0.3 is 10.4 Å². The zero-order valence-electron chi connectivity index (χ0n) is 9.66. The number of hydrogen-bond donors (Lipinski definition) is 2. The predicted molar refractivity (Wildman–Crippen MR) is 69.8 cm³/mol. The summed E-state index contributed by atoms with van der Waals surface area (Å²) in [5.41, 5.74) is 1.29. The van der Waals surface area contributed by atoms with E-state index in [2.05, 4.69) is 21.2 Å². The Bertz CT molecular complexity index is 445. The van der Waals surface area contributed by atoms with Crippen LogP contribution in [-0.4, -0.2) is 21.8 Å². The molecule has 4 nitrogen and oxygen atoms in total. The number of carbonyl (C=O) groups excluding carboxylic acids is 1. The third-order valence-corrected chi connectivity index (χ3v) is 3.53. The molecule has 2 N–H and O–H groups in total. The summed E-state index contributed by atoms with van der Waals surface area (Å²) in [6.45, 7) is 3.56. The number of halogens is 1. The average Bonchev–Trinajstić information content (AvgIpc) is 2.30. The van der Waals surface area contributed by atoms with Gasteiger partial charge in [-0.2, -0.15) is 0 Å². The minimum Gasteiger partial charge on any atom is -0.478 e. The number of nitrogens with one attached hydrogen (secondary N) is 1. The van der Waals surface area contributed by atoms with Crippen molar-refractivity contribution in [3.8, 4) is 0 Å². The molecule has 0 radical (unpaired) electrons. The Morgan fingerprint density at radius 1 is 1.47 bits per heavy atom. The summed E-state index contributed by atoms with van der Waals surface area (Å²) in [7, 11) is 0. The average molecular weight is 300 g/mol. The van der Waals surface area contributed by atoms with Crippen LogP contribution in [0.15, 0.2) is 18.2 Å². The first-order chi connectivity index (χ1) is 7.97. The maximum atomic E-state index is 11.7. The van der Waals surface area contributed by atoms with Gasteiger partial charge in [0, 0.05) is 5.69 Å². The van der Waals surface area contributed by atoms with Crippen LogP contribution in [0, 0.1) is 6.92 Å². The predicted octanol–water partition coefficient (Wildman–Crippen LogP) is 2.81. The van der Waals surface area contributed by atoms with Gasteiger partial charge in [-0.15, -0.1) is 0 Å². The van der Waals surface area contributed by atoms with E-state index in [1.807, 2.05) is 6.92 Å². The van der Waals surface area contributed by atoms with Gasteiger partial charge in [0.1, 0.15) is 0 Å². The zero-order chi connectivity index (χ0) is 13.0. The second kappa shape index (κ2) is 5.82. The molecule has 1 aromatic carbocycles. The van der Waals surface area contributed by atoms with Crippen LogP contribution >= 0.6 is 15.9 Å². The van der Waals surface area contributed by atoms with Gasteiger partial charge in [0.05, 0.1) is 10.4 Å². The summed E-state index contributed by atoms with van der Waals surface area (Å²) >= 11 is 3.24. The molecule has 1 rings (SSSR count). The van der Waals surface area contributed by atoms with Crippen LogP contribution < -0.4 is 5.32 Å². The van der Waals surface area contributed by atoms with E-state index < -0.39 is 5.97 Å². The van der Waals surface area contributed by atoms with E-state index in [0.717, 1.165) is 0 Å². The molecule has 0 saturated carbocycles. The highest BCUT2D eigenvalue weighted by Gasteiger charge is 2.15. The molecule has 1 unspecified atom stereocenters. The Kier molecular flexibility index (Phi) is 4.69. The van der Waals surface area contributed by atoms with Crippen molar-refractivity contribution in [3.63, 3.8) is 0 Å². The van der Waals surface area contributed by atoms with Crippen molar-refractivity contribution in [1.29, 1.82) is 0 Å². The highest BCUT2D eigenvalue weighted by molar-refractivity contribution is 9.10. The third-order valence-electron chi connectivity index (χ3n) is 2.46. The number of rotatable bonds is 4. The molecule has 0 aromatic heterocycles. The van der Waals surface area contributed by atoms with E-state index >= 15 is 0 Å². The Hall–Kier alpha value is -1.36. The fourth-order valence-electron chi connectivity index (χ4n) is 1.40. The molecule has 0 spiro atoms. The minimum absolute atomic E-state index is 0.168. The molecular formula is C12H14BrNO3.